The lowest BCUT2D eigenvalue weighted by atomic mass is 10.1. The normalized spacial score (nSPS) is 12.5. The van der Waals surface area contributed by atoms with Gasteiger partial charge in [0.1, 0.15) is 18.5 Å². The van der Waals surface area contributed by atoms with Crippen molar-refractivity contribution < 1.29 is 9.84 Å². The van der Waals surface area contributed by atoms with E-state index in [1.807, 2.05) is 42.5 Å². The van der Waals surface area contributed by atoms with E-state index in [4.69, 9.17) is 4.74 Å². The van der Waals surface area contributed by atoms with Gasteiger partial charge >= 0.3 is 5.69 Å². The molecule has 2 N–H and O–H groups in total. The van der Waals surface area contributed by atoms with E-state index in [1.54, 1.807) is 23.2 Å². The maximum Gasteiger partial charge on any atom is 0.328 e. The van der Waals surface area contributed by atoms with Crippen molar-refractivity contribution in [2.75, 3.05) is 13.2 Å². The number of aryl methyl sites for hydroxylation is 2. The fourth-order valence-corrected chi connectivity index (χ4v) is 2.98. The SMILES string of the molecule is CCNCc1ccc(OC[C@@H](O)c2ccc3c(c2)n(C)c(=O)n3C)cc1. The molecule has 0 bridgehead atoms. The third-order valence-corrected chi connectivity index (χ3v) is 4.59. The van der Waals surface area contributed by atoms with Gasteiger partial charge in [-0.1, -0.05) is 25.1 Å². The molecule has 6 heteroatoms. The number of nitrogens with one attached hydrogen (secondary N) is 1. The lowest BCUT2D eigenvalue weighted by Crippen LogP contribution is -2.19. The van der Waals surface area contributed by atoms with Crippen molar-refractivity contribution in [2.24, 2.45) is 14.1 Å². The van der Waals surface area contributed by atoms with Crippen molar-refractivity contribution in [1.29, 1.82) is 0 Å². The van der Waals surface area contributed by atoms with Crippen molar-refractivity contribution in [1.82, 2.24) is 14.5 Å². The molecule has 1 aromatic heterocycles. The zero-order valence-corrected chi connectivity index (χ0v) is 15.4. The summed E-state index contributed by atoms with van der Waals surface area (Å²) in [5.74, 6) is 0.720. The van der Waals surface area contributed by atoms with Gasteiger partial charge in [0.25, 0.3) is 0 Å². The molecule has 6 nitrogen and oxygen atoms in total. The molecule has 3 aromatic rings. The third kappa shape index (κ3) is 3.66. The van der Waals surface area contributed by atoms with E-state index >= 15 is 0 Å². The fourth-order valence-electron chi connectivity index (χ4n) is 2.98. The Balaban J connectivity index is 1.68. The van der Waals surface area contributed by atoms with Crippen molar-refractivity contribution in [3.8, 4) is 5.75 Å². The highest BCUT2D eigenvalue weighted by Gasteiger charge is 2.13. The standard InChI is InChI=1S/C20H25N3O3/c1-4-21-12-14-5-8-16(9-6-14)26-13-19(24)15-7-10-17-18(11-15)23(3)20(25)22(17)2/h5-11,19,21,24H,4,12-13H2,1-3H3/t19-/m1/s1. The van der Waals surface area contributed by atoms with Gasteiger partial charge in [-0.05, 0) is 41.9 Å². The van der Waals surface area contributed by atoms with E-state index in [-0.39, 0.29) is 12.3 Å². The Labute approximate surface area is 152 Å². The van der Waals surface area contributed by atoms with Gasteiger partial charge in [-0.25, -0.2) is 4.79 Å². The maximum atomic E-state index is 12.0. The molecule has 0 saturated heterocycles. The number of hydrogen-bond donors (Lipinski definition) is 2. The van der Waals surface area contributed by atoms with Crippen LogP contribution in [0.2, 0.25) is 0 Å². The summed E-state index contributed by atoms with van der Waals surface area (Å²) >= 11 is 0. The molecule has 3 rings (SSSR count). The summed E-state index contributed by atoms with van der Waals surface area (Å²) in [6, 6.07) is 13.4. The third-order valence-electron chi connectivity index (χ3n) is 4.59. The van der Waals surface area contributed by atoms with Gasteiger partial charge < -0.3 is 15.2 Å². The van der Waals surface area contributed by atoms with E-state index in [2.05, 4.69) is 12.2 Å². The summed E-state index contributed by atoms with van der Waals surface area (Å²) in [5.41, 5.74) is 3.46. The molecule has 1 atom stereocenters. The van der Waals surface area contributed by atoms with Gasteiger partial charge in [0.2, 0.25) is 0 Å². The molecule has 0 aliphatic rings. The number of aromatic nitrogens is 2. The van der Waals surface area contributed by atoms with E-state index in [0.29, 0.717) is 0 Å². The molecule has 0 amide bonds. The number of benzene rings is 2. The second kappa shape index (κ2) is 7.76. The van der Waals surface area contributed by atoms with Crippen LogP contribution in [0.25, 0.3) is 11.0 Å². The van der Waals surface area contributed by atoms with Crippen LogP contribution >= 0.6 is 0 Å². The van der Waals surface area contributed by atoms with Crippen LogP contribution in [0.3, 0.4) is 0 Å². The van der Waals surface area contributed by atoms with Crippen LogP contribution in [-0.4, -0.2) is 27.4 Å². The Morgan fingerprint density at radius 3 is 2.46 bits per heavy atom. The lowest BCUT2D eigenvalue weighted by Gasteiger charge is -2.13. The minimum atomic E-state index is -0.767. The quantitative estimate of drug-likeness (QED) is 0.681. The molecule has 0 unspecified atom stereocenters. The van der Waals surface area contributed by atoms with Gasteiger partial charge in [0, 0.05) is 20.6 Å². The number of nitrogens with zero attached hydrogens (tertiary/aromatic N) is 2. The van der Waals surface area contributed by atoms with Gasteiger partial charge in [-0.15, -0.1) is 0 Å². The Kier molecular flexibility index (Phi) is 5.44. The molecule has 138 valence electrons. The van der Waals surface area contributed by atoms with Crippen molar-refractivity contribution in [3.05, 3.63) is 64.1 Å². The van der Waals surface area contributed by atoms with E-state index in [1.165, 1.54) is 5.56 Å². The van der Waals surface area contributed by atoms with Crippen molar-refractivity contribution in [2.45, 2.75) is 19.6 Å². The first-order valence-corrected chi connectivity index (χ1v) is 8.77. The molecule has 0 radical (unpaired) electrons. The summed E-state index contributed by atoms with van der Waals surface area (Å²) in [6.45, 7) is 3.99. The number of hydrogen-bond acceptors (Lipinski definition) is 4. The number of aliphatic hydroxyl groups is 1. The highest BCUT2D eigenvalue weighted by Crippen LogP contribution is 2.21. The zero-order chi connectivity index (χ0) is 18.7. The Hall–Kier alpha value is -2.57. The molecule has 2 aromatic carbocycles. The highest BCUT2D eigenvalue weighted by atomic mass is 16.5. The molecular formula is C20H25N3O3. The van der Waals surface area contributed by atoms with E-state index < -0.39 is 6.10 Å². The number of fused-ring (bicyclic) bond motifs is 1. The van der Waals surface area contributed by atoms with Crippen LogP contribution < -0.4 is 15.7 Å². The zero-order valence-electron chi connectivity index (χ0n) is 15.4. The summed E-state index contributed by atoms with van der Waals surface area (Å²) in [6.07, 6.45) is -0.767. The monoisotopic (exact) mass is 355 g/mol. The van der Waals surface area contributed by atoms with Crippen molar-refractivity contribution >= 4 is 11.0 Å². The summed E-state index contributed by atoms with van der Waals surface area (Å²) in [4.78, 5) is 12.0. The number of rotatable bonds is 7. The van der Waals surface area contributed by atoms with Gasteiger partial charge in [-0.3, -0.25) is 9.13 Å². The molecule has 0 fully saturated rings. The van der Waals surface area contributed by atoms with Crippen LogP contribution in [0, 0.1) is 0 Å². The van der Waals surface area contributed by atoms with Crippen LogP contribution in [0.1, 0.15) is 24.2 Å². The number of imidazole rings is 1. The topological polar surface area (TPSA) is 68.4 Å². The Morgan fingerprint density at radius 2 is 1.77 bits per heavy atom. The second-order valence-electron chi connectivity index (χ2n) is 6.40. The fraction of sp³-hybridized carbons (Fsp3) is 0.350. The van der Waals surface area contributed by atoms with E-state index in [0.717, 1.165) is 35.4 Å². The first kappa shape index (κ1) is 18.2. The summed E-state index contributed by atoms with van der Waals surface area (Å²) in [5, 5.41) is 13.7. The van der Waals surface area contributed by atoms with Crippen molar-refractivity contribution in [3.63, 3.8) is 0 Å². The maximum absolute atomic E-state index is 12.0. The largest absolute Gasteiger partial charge is 0.491 e. The van der Waals surface area contributed by atoms with Gasteiger partial charge in [-0.2, -0.15) is 0 Å². The molecule has 1 heterocycles. The molecule has 0 saturated carbocycles. The number of aliphatic hydroxyl groups excluding tert-OH is 1. The Bertz CT molecular complexity index is 941. The molecular weight excluding hydrogens is 330 g/mol. The first-order chi connectivity index (χ1) is 12.5. The highest BCUT2D eigenvalue weighted by molar-refractivity contribution is 5.76. The molecule has 0 spiro atoms. The van der Waals surface area contributed by atoms with Gasteiger partial charge in [0.05, 0.1) is 11.0 Å². The average molecular weight is 355 g/mol. The second-order valence-corrected chi connectivity index (χ2v) is 6.40. The average Bonchev–Trinajstić information content (AvgIpc) is 2.89. The predicted molar refractivity (Wildman–Crippen MR) is 102 cm³/mol. The van der Waals surface area contributed by atoms with Crippen LogP contribution in [0.5, 0.6) is 5.75 Å². The lowest BCUT2D eigenvalue weighted by molar-refractivity contribution is 0.108. The smallest absolute Gasteiger partial charge is 0.328 e. The predicted octanol–water partition coefficient (Wildman–Crippen LogP) is 2.10. The summed E-state index contributed by atoms with van der Waals surface area (Å²) in [7, 11) is 3.47. The number of ether oxygens (including phenoxy) is 1. The minimum Gasteiger partial charge on any atom is -0.491 e. The molecule has 0 aliphatic heterocycles. The molecule has 0 aliphatic carbocycles. The van der Waals surface area contributed by atoms with Crippen LogP contribution in [-0.2, 0) is 20.6 Å². The van der Waals surface area contributed by atoms with Crippen LogP contribution in [0.4, 0.5) is 0 Å². The van der Waals surface area contributed by atoms with E-state index in [9.17, 15) is 9.90 Å². The minimum absolute atomic E-state index is 0.0828. The Morgan fingerprint density at radius 1 is 1.08 bits per heavy atom. The van der Waals surface area contributed by atoms with Crippen LogP contribution in [0.15, 0.2) is 47.3 Å². The first-order valence-electron chi connectivity index (χ1n) is 8.77. The molecule has 26 heavy (non-hydrogen) atoms. The van der Waals surface area contributed by atoms with Gasteiger partial charge in [0.15, 0.2) is 0 Å². The summed E-state index contributed by atoms with van der Waals surface area (Å²) < 4.78 is 8.88.